The number of aliphatic carboxylic acids is 1. The lowest BCUT2D eigenvalue weighted by Gasteiger charge is -2.48. The summed E-state index contributed by atoms with van der Waals surface area (Å²) in [6.45, 7) is -0.422. The Balaban J connectivity index is 1.46. The molecule has 0 aromatic carbocycles. The lowest BCUT2D eigenvalue weighted by atomic mass is 9.95. The molecular weight excluding hydrogens is 624 g/mol. The van der Waals surface area contributed by atoms with Gasteiger partial charge in [-0.1, -0.05) is 0 Å². The third-order valence-electron chi connectivity index (χ3n) is 8.13. The molecule has 4 aliphatic heterocycles. The Morgan fingerprint density at radius 3 is 1.56 bits per heavy atom. The molecular formula is C24H40O21. The van der Waals surface area contributed by atoms with Crippen molar-refractivity contribution < 1.29 is 104 Å². The molecule has 0 unspecified atom stereocenters. The Labute approximate surface area is 253 Å². The SMILES string of the molecule is C[C@@H]1O[C@@H](O)[C@@H](O)[C@H](O[C@H]2O[C@H](C(=O)O)[C@@H](O[C@@H]3O[C@H](CO)[C@@H](O[C@@H]4O[C@H](CO)[C@@H](O)[C@H](O)[C@H]4O)[C@H](O)[C@H]3O)[C@H](O)[C@H]2O)[C@@H]1O. The van der Waals surface area contributed by atoms with Gasteiger partial charge in [-0.15, -0.1) is 0 Å². The highest BCUT2D eigenvalue weighted by Gasteiger charge is 2.56. The van der Waals surface area contributed by atoms with Crippen LogP contribution in [-0.4, -0.2) is 208 Å². The van der Waals surface area contributed by atoms with Crippen molar-refractivity contribution in [2.75, 3.05) is 13.2 Å². The van der Waals surface area contributed by atoms with Gasteiger partial charge in [0.25, 0.3) is 0 Å². The number of carboxylic acid groups (broad SMARTS) is 1. The van der Waals surface area contributed by atoms with Crippen molar-refractivity contribution in [2.24, 2.45) is 0 Å². The summed E-state index contributed by atoms with van der Waals surface area (Å²) >= 11 is 0. The lowest BCUT2D eigenvalue weighted by Crippen LogP contribution is -2.67. The first-order valence-electron chi connectivity index (χ1n) is 14.0. The van der Waals surface area contributed by atoms with E-state index in [-0.39, 0.29) is 0 Å². The Kier molecular flexibility index (Phi) is 12.1. The van der Waals surface area contributed by atoms with Crippen LogP contribution in [-0.2, 0) is 38.0 Å². The van der Waals surface area contributed by atoms with Gasteiger partial charge in [-0.25, -0.2) is 4.79 Å². The van der Waals surface area contributed by atoms with Crippen LogP contribution in [0.15, 0.2) is 0 Å². The number of hydrogen-bond donors (Lipinski definition) is 13. The van der Waals surface area contributed by atoms with E-state index in [1.165, 1.54) is 6.92 Å². The highest BCUT2D eigenvalue weighted by molar-refractivity contribution is 5.73. The van der Waals surface area contributed by atoms with Crippen LogP contribution in [0.5, 0.6) is 0 Å². The Morgan fingerprint density at radius 1 is 0.533 bits per heavy atom. The van der Waals surface area contributed by atoms with Gasteiger partial charge in [0.05, 0.1) is 19.3 Å². The van der Waals surface area contributed by atoms with Gasteiger partial charge >= 0.3 is 5.97 Å². The van der Waals surface area contributed by atoms with Crippen molar-refractivity contribution in [2.45, 2.75) is 130 Å². The summed E-state index contributed by atoms with van der Waals surface area (Å²) in [5.41, 5.74) is 0. The molecule has 4 rings (SSSR count). The van der Waals surface area contributed by atoms with E-state index >= 15 is 0 Å². The minimum atomic E-state index is -2.18. The van der Waals surface area contributed by atoms with Gasteiger partial charge in [0.15, 0.2) is 31.3 Å². The van der Waals surface area contributed by atoms with Gasteiger partial charge in [-0.2, -0.15) is 0 Å². The van der Waals surface area contributed by atoms with Crippen molar-refractivity contribution in [3.8, 4) is 0 Å². The molecule has 0 spiro atoms. The second-order valence-corrected chi connectivity index (χ2v) is 11.2. The van der Waals surface area contributed by atoms with Gasteiger partial charge < -0.3 is 99.5 Å². The molecule has 21 heteroatoms. The molecule has 0 aromatic rings. The van der Waals surface area contributed by atoms with Crippen LogP contribution < -0.4 is 0 Å². The first kappa shape index (κ1) is 36.5. The molecule has 4 heterocycles. The van der Waals surface area contributed by atoms with Crippen molar-refractivity contribution in [1.29, 1.82) is 0 Å². The number of hydrogen-bond acceptors (Lipinski definition) is 20. The Morgan fingerprint density at radius 2 is 1.00 bits per heavy atom. The zero-order valence-electron chi connectivity index (χ0n) is 23.5. The molecule has 21 nitrogen and oxygen atoms in total. The first-order chi connectivity index (χ1) is 21.1. The Bertz CT molecular complexity index is 957. The van der Waals surface area contributed by atoms with Crippen LogP contribution in [0.4, 0.5) is 0 Å². The van der Waals surface area contributed by atoms with Crippen LogP contribution in [0.25, 0.3) is 0 Å². The molecule has 262 valence electrons. The van der Waals surface area contributed by atoms with Crippen LogP contribution in [0.2, 0.25) is 0 Å². The second-order valence-electron chi connectivity index (χ2n) is 11.2. The van der Waals surface area contributed by atoms with Crippen LogP contribution in [0, 0.1) is 0 Å². The average molecular weight is 665 g/mol. The number of ether oxygens (including phenoxy) is 7. The number of aliphatic hydroxyl groups excluding tert-OH is 12. The molecule has 0 saturated carbocycles. The summed E-state index contributed by atoms with van der Waals surface area (Å²) in [5.74, 6) is -1.78. The van der Waals surface area contributed by atoms with Crippen molar-refractivity contribution in [3.63, 3.8) is 0 Å². The molecule has 4 aliphatic rings. The monoisotopic (exact) mass is 664 g/mol. The summed E-state index contributed by atoms with van der Waals surface area (Å²) in [5, 5.41) is 133. The average Bonchev–Trinajstić information content (AvgIpc) is 3.00. The zero-order chi connectivity index (χ0) is 33.5. The smallest absolute Gasteiger partial charge is 0.335 e. The summed E-state index contributed by atoms with van der Waals surface area (Å²) in [4.78, 5) is 12.1. The molecule has 13 N–H and O–H groups in total. The quantitative estimate of drug-likeness (QED) is 0.109. The highest BCUT2D eigenvalue weighted by Crippen LogP contribution is 2.34. The third kappa shape index (κ3) is 7.26. The third-order valence-corrected chi connectivity index (χ3v) is 8.13. The van der Waals surface area contributed by atoms with E-state index in [1.54, 1.807) is 0 Å². The fraction of sp³-hybridized carbons (Fsp3) is 0.958. The summed E-state index contributed by atoms with van der Waals surface area (Å²) in [7, 11) is 0. The van der Waals surface area contributed by atoms with E-state index < -0.39 is 142 Å². The molecule has 45 heavy (non-hydrogen) atoms. The van der Waals surface area contributed by atoms with Gasteiger partial charge in [0.2, 0.25) is 0 Å². The predicted molar refractivity (Wildman–Crippen MR) is 133 cm³/mol. The Hall–Kier alpha value is -1.29. The van der Waals surface area contributed by atoms with E-state index in [0.717, 1.165) is 0 Å². The van der Waals surface area contributed by atoms with Crippen molar-refractivity contribution in [1.82, 2.24) is 0 Å². The van der Waals surface area contributed by atoms with E-state index in [4.69, 9.17) is 33.2 Å². The van der Waals surface area contributed by atoms with E-state index in [9.17, 15) is 71.2 Å². The normalized spacial score (nSPS) is 52.8. The number of carbonyl (C=O) groups is 1. The molecule has 0 amide bonds. The van der Waals surface area contributed by atoms with Crippen LogP contribution in [0.1, 0.15) is 6.92 Å². The summed E-state index contributed by atoms with van der Waals surface area (Å²) in [6, 6.07) is 0. The second kappa shape index (κ2) is 14.9. The summed E-state index contributed by atoms with van der Waals surface area (Å²) < 4.78 is 37.1. The maximum atomic E-state index is 12.1. The van der Waals surface area contributed by atoms with Gasteiger partial charge in [0, 0.05) is 0 Å². The predicted octanol–water partition coefficient (Wildman–Crippen LogP) is -8.63. The molecule has 0 radical (unpaired) electrons. The minimum Gasteiger partial charge on any atom is -0.479 e. The van der Waals surface area contributed by atoms with E-state index in [1.807, 2.05) is 0 Å². The number of carboxylic acids is 1. The zero-order valence-corrected chi connectivity index (χ0v) is 23.5. The number of rotatable bonds is 9. The molecule has 20 atom stereocenters. The highest BCUT2D eigenvalue weighted by atomic mass is 16.8. The van der Waals surface area contributed by atoms with Crippen LogP contribution >= 0.6 is 0 Å². The van der Waals surface area contributed by atoms with Gasteiger partial charge in [-0.05, 0) is 6.92 Å². The topological polar surface area (TPSA) is 345 Å². The molecule has 0 aromatic heterocycles. The molecule has 4 saturated heterocycles. The van der Waals surface area contributed by atoms with Crippen LogP contribution in [0.3, 0.4) is 0 Å². The molecule has 4 fully saturated rings. The lowest BCUT2D eigenvalue weighted by molar-refractivity contribution is -0.383. The fourth-order valence-corrected chi connectivity index (χ4v) is 5.45. The van der Waals surface area contributed by atoms with E-state index in [2.05, 4.69) is 0 Å². The minimum absolute atomic E-state index is 0.803. The maximum absolute atomic E-state index is 12.1. The standard InChI is InChI=1S/C24H40O21/c1-4-7(27)17(15(35)21(38)39-4)43-24-14(34)11(31)18(19(45-24)20(36)37)44-23-13(33)10(30)16(6(3-26)41-23)42-22-12(32)9(29)8(28)5(2-25)40-22/h4-19,21-35,38H,2-3H2,1H3,(H,36,37)/t4-,5+,6+,7+,8+,9-,10+,11+,12+,13+,14+,15-,16+,17+,18-,19-,21+,22-,23-,24-/m0/s1. The molecule has 0 bridgehead atoms. The van der Waals surface area contributed by atoms with Crippen molar-refractivity contribution in [3.05, 3.63) is 0 Å². The van der Waals surface area contributed by atoms with Crippen molar-refractivity contribution >= 4 is 5.97 Å². The van der Waals surface area contributed by atoms with Gasteiger partial charge in [0.1, 0.15) is 85.5 Å². The number of aliphatic hydroxyl groups is 12. The van der Waals surface area contributed by atoms with E-state index in [0.29, 0.717) is 0 Å². The maximum Gasteiger partial charge on any atom is 0.335 e. The first-order valence-corrected chi connectivity index (χ1v) is 14.0. The fourth-order valence-electron chi connectivity index (χ4n) is 5.45. The summed E-state index contributed by atoms with van der Waals surface area (Å²) in [6.07, 6.45) is -36.8. The largest absolute Gasteiger partial charge is 0.479 e. The van der Waals surface area contributed by atoms with Gasteiger partial charge in [-0.3, -0.25) is 0 Å². The molecule has 0 aliphatic carbocycles.